The number of aromatic nitrogens is 2. The minimum atomic E-state index is 0.495. The molecule has 0 radical (unpaired) electrons. The molecule has 0 saturated carbocycles. The number of nitrogens with one attached hydrogen (secondary N) is 1. The maximum absolute atomic E-state index is 4.56. The summed E-state index contributed by atoms with van der Waals surface area (Å²) in [5.74, 6) is 0. The Kier molecular flexibility index (Phi) is 4.74. The first-order chi connectivity index (χ1) is 9.22. The van der Waals surface area contributed by atoms with Gasteiger partial charge in [0, 0.05) is 23.8 Å². The zero-order chi connectivity index (χ0) is 13.7. The summed E-state index contributed by atoms with van der Waals surface area (Å²) in [4.78, 5) is 0. The monoisotopic (exact) mass is 257 g/mol. The van der Waals surface area contributed by atoms with Gasteiger partial charge in [-0.2, -0.15) is 5.10 Å². The molecule has 1 N–H and O–H groups in total. The summed E-state index contributed by atoms with van der Waals surface area (Å²) in [7, 11) is 0. The van der Waals surface area contributed by atoms with Crippen LogP contribution in [0.4, 0.5) is 0 Å². The molecule has 2 rings (SSSR count). The predicted molar refractivity (Wildman–Crippen MR) is 79.5 cm³/mol. The van der Waals surface area contributed by atoms with Gasteiger partial charge in [0.2, 0.25) is 0 Å². The van der Waals surface area contributed by atoms with Crippen LogP contribution in [0.15, 0.2) is 36.5 Å². The first-order valence-electron chi connectivity index (χ1n) is 7.07. The van der Waals surface area contributed by atoms with Crippen LogP contribution in [0.1, 0.15) is 38.4 Å². The lowest BCUT2D eigenvalue weighted by molar-refractivity contribution is 0.585. The third kappa shape index (κ3) is 3.44. The van der Waals surface area contributed by atoms with Gasteiger partial charge in [-0.05, 0) is 18.6 Å². The van der Waals surface area contributed by atoms with Crippen molar-refractivity contribution in [2.45, 2.75) is 46.2 Å². The zero-order valence-electron chi connectivity index (χ0n) is 12.1. The Hall–Kier alpha value is -1.61. The van der Waals surface area contributed by atoms with Gasteiger partial charge < -0.3 is 5.32 Å². The molecule has 0 atom stereocenters. The number of benzene rings is 1. The van der Waals surface area contributed by atoms with Gasteiger partial charge in [-0.1, -0.05) is 45.4 Å². The van der Waals surface area contributed by atoms with Crippen molar-refractivity contribution in [1.82, 2.24) is 15.1 Å². The molecule has 1 aromatic carbocycles. The van der Waals surface area contributed by atoms with Gasteiger partial charge in [0.25, 0.3) is 0 Å². The molecule has 0 aliphatic heterocycles. The van der Waals surface area contributed by atoms with E-state index in [9.17, 15) is 0 Å². The van der Waals surface area contributed by atoms with Gasteiger partial charge in [0.15, 0.2) is 0 Å². The minimum absolute atomic E-state index is 0.495. The highest BCUT2D eigenvalue weighted by Gasteiger charge is 2.11. The molecule has 0 saturated heterocycles. The van der Waals surface area contributed by atoms with E-state index >= 15 is 0 Å². The molecule has 0 spiro atoms. The molecule has 0 fully saturated rings. The molecule has 0 unspecified atom stereocenters. The molecule has 2 aromatic rings. The molecule has 0 bridgehead atoms. The molecule has 19 heavy (non-hydrogen) atoms. The van der Waals surface area contributed by atoms with Crippen molar-refractivity contribution in [2.75, 3.05) is 0 Å². The summed E-state index contributed by atoms with van der Waals surface area (Å²) in [5.41, 5.74) is 3.77. The number of nitrogens with zero attached hydrogens (tertiary/aromatic N) is 2. The van der Waals surface area contributed by atoms with Crippen molar-refractivity contribution in [3.63, 3.8) is 0 Å². The third-order valence-electron chi connectivity index (χ3n) is 3.14. The van der Waals surface area contributed by atoms with Gasteiger partial charge >= 0.3 is 0 Å². The van der Waals surface area contributed by atoms with Crippen LogP contribution in [-0.4, -0.2) is 15.8 Å². The maximum atomic E-state index is 4.56. The van der Waals surface area contributed by atoms with Gasteiger partial charge in [0.1, 0.15) is 0 Å². The second kappa shape index (κ2) is 6.53. The van der Waals surface area contributed by atoms with Crippen molar-refractivity contribution in [3.8, 4) is 5.69 Å². The molecular formula is C16H23N3. The van der Waals surface area contributed by atoms with Crippen molar-refractivity contribution in [3.05, 3.63) is 47.8 Å². The lowest BCUT2D eigenvalue weighted by Gasteiger charge is -2.11. The fourth-order valence-corrected chi connectivity index (χ4v) is 2.16. The van der Waals surface area contributed by atoms with Crippen LogP contribution in [0.25, 0.3) is 5.69 Å². The Balaban J connectivity index is 2.29. The third-order valence-corrected chi connectivity index (χ3v) is 3.14. The highest BCUT2D eigenvalue weighted by atomic mass is 15.3. The normalized spacial score (nSPS) is 11.2. The molecule has 0 aliphatic carbocycles. The molecule has 0 aliphatic rings. The second-order valence-corrected chi connectivity index (χ2v) is 5.15. The van der Waals surface area contributed by atoms with Crippen LogP contribution in [0.2, 0.25) is 0 Å². The first kappa shape index (κ1) is 13.8. The van der Waals surface area contributed by atoms with E-state index in [-0.39, 0.29) is 0 Å². The highest BCUT2D eigenvalue weighted by molar-refractivity contribution is 5.35. The van der Waals surface area contributed by atoms with Gasteiger partial charge in [-0.3, -0.25) is 0 Å². The van der Waals surface area contributed by atoms with Crippen LogP contribution < -0.4 is 5.32 Å². The standard InChI is InChI=1S/C16H23N3/c1-4-8-16-14(11-17-13(2)3)12-18-19(16)15-9-6-5-7-10-15/h5-7,9-10,12-13,17H,4,8,11H2,1-3H3. The van der Waals surface area contributed by atoms with Crippen molar-refractivity contribution >= 4 is 0 Å². The zero-order valence-corrected chi connectivity index (χ0v) is 12.1. The van der Waals surface area contributed by atoms with Crippen LogP contribution in [0.5, 0.6) is 0 Å². The minimum Gasteiger partial charge on any atom is -0.310 e. The lowest BCUT2D eigenvalue weighted by Crippen LogP contribution is -2.22. The Bertz CT molecular complexity index is 500. The molecular weight excluding hydrogens is 234 g/mol. The van der Waals surface area contributed by atoms with E-state index < -0.39 is 0 Å². The van der Waals surface area contributed by atoms with Crippen molar-refractivity contribution < 1.29 is 0 Å². The summed E-state index contributed by atoms with van der Waals surface area (Å²) < 4.78 is 2.07. The summed E-state index contributed by atoms with van der Waals surface area (Å²) in [6.07, 6.45) is 4.19. The second-order valence-electron chi connectivity index (χ2n) is 5.15. The first-order valence-corrected chi connectivity index (χ1v) is 7.07. The molecule has 1 heterocycles. The summed E-state index contributed by atoms with van der Waals surface area (Å²) in [5, 5.41) is 8.03. The van der Waals surface area contributed by atoms with Gasteiger partial charge in [-0.15, -0.1) is 0 Å². The number of hydrogen-bond acceptors (Lipinski definition) is 2. The Morgan fingerprint density at radius 3 is 2.58 bits per heavy atom. The molecule has 102 valence electrons. The van der Waals surface area contributed by atoms with E-state index in [1.807, 2.05) is 12.3 Å². The topological polar surface area (TPSA) is 29.9 Å². The van der Waals surface area contributed by atoms with E-state index in [1.165, 1.54) is 11.3 Å². The Morgan fingerprint density at radius 2 is 1.95 bits per heavy atom. The average molecular weight is 257 g/mol. The average Bonchev–Trinajstić information content (AvgIpc) is 2.81. The van der Waals surface area contributed by atoms with Crippen molar-refractivity contribution in [2.24, 2.45) is 0 Å². The molecule has 3 heteroatoms. The van der Waals surface area contributed by atoms with Gasteiger partial charge in [0.05, 0.1) is 11.9 Å². The number of rotatable bonds is 6. The summed E-state index contributed by atoms with van der Waals surface area (Å²) in [6.45, 7) is 7.43. The molecule has 1 aromatic heterocycles. The predicted octanol–water partition coefficient (Wildman–Crippen LogP) is 3.32. The lowest BCUT2D eigenvalue weighted by atomic mass is 10.1. The van der Waals surface area contributed by atoms with E-state index in [2.05, 4.69) is 60.1 Å². The van der Waals surface area contributed by atoms with Crippen LogP contribution in [0, 0.1) is 0 Å². The van der Waals surface area contributed by atoms with Crippen LogP contribution in [-0.2, 0) is 13.0 Å². The highest BCUT2D eigenvalue weighted by Crippen LogP contribution is 2.16. The van der Waals surface area contributed by atoms with Gasteiger partial charge in [-0.25, -0.2) is 4.68 Å². The Morgan fingerprint density at radius 1 is 1.21 bits per heavy atom. The Labute approximate surface area is 115 Å². The fraction of sp³-hybridized carbons (Fsp3) is 0.438. The quantitative estimate of drug-likeness (QED) is 0.860. The smallest absolute Gasteiger partial charge is 0.0648 e. The van der Waals surface area contributed by atoms with E-state index in [1.54, 1.807) is 0 Å². The summed E-state index contributed by atoms with van der Waals surface area (Å²) in [6, 6.07) is 10.8. The number of hydrogen-bond donors (Lipinski definition) is 1. The van der Waals surface area contributed by atoms with Crippen LogP contribution >= 0.6 is 0 Å². The van der Waals surface area contributed by atoms with Crippen molar-refractivity contribution in [1.29, 1.82) is 0 Å². The number of para-hydroxylation sites is 1. The molecule has 0 amide bonds. The molecule has 3 nitrogen and oxygen atoms in total. The van der Waals surface area contributed by atoms with E-state index in [0.29, 0.717) is 6.04 Å². The van der Waals surface area contributed by atoms with Crippen LogP contribution in [0.3, 0.4) is 0 Å². The van der Waals surface area contributed by atoms with E-state index in [4.69, 9.17) is 0 Å². The van der Waals surface area contributed by atoms with E-state index in [0.717, 1.165) is 25.1 Å². The SMILES string of the molecule is CCCc1c(CNC(C)C)cnn1-c1ccccc1. The largest absolute Gasteiger partial charge is 0.310 e. The summed E-state index contributed by atoms with van der Waals surface area (Å²) >= 11 is 0. The fourth-order valence-electron chi connectivity index (χ4n) is 2.16. The maximum Gasteiger partial charge on any atom is 0.0648 e.